The van der Waals surface area contributed by atoms with Gasteiger partial charge < -0.3 is 14.2 Å². The first-order valence-corrected chi connectivity index (χ1v) is 11.7. The lowest BCUT2D eigenvalue weighted by molar-refractivity contribution is -0.130. The Kier molecular flexibility index (Phi) is 8.12. The van der Waals surface area contributed by atoms with Crippen molar-refractivity contribution in [1.29, 1.82) is 0 Å². The second-order valence-electron chi connectivity index (χ2n) is 7.01. The van der Waals surface area contributed by atoms with Crippen molar-refractivity contribution in [2.75, 3.05) is 31.1 Å². The molecule has 1 atom stereocenters. The molecule has 0 saturated carbocycles. The number of rotatable bonds is 10. The summed E-state index contributed by atoms with van der Waals surface area (Å²) in [4.78, 5) is 17.3. The molecule has 0 aliphatic heterocycles. The summed E-state index contributed by atoms with van der Waals surface area (Å²) in [7, 11) is 0. The number of hydrogen-bond acceptors (Lipinski definition) is 6. The van der Waals surface area contributed by atoms with Crippen molar-refractivity contribution < 1.29 is 9.21 Å². The SMILES string of the molecule is CCN(CC)C(=O)C(Sc1nnc(-c2ccc(N(CC)CC)cc2)o1)c1ccccc1. The van der Waals surface area contributed by atoms with Gasteiger partial charge in [-0.1, -0.05) is 30.3 Å². The Morgan fingerprint density at radius 3 is 2.13 bits per heavy atom. The van der Waals surface area contributed by atoms with Gasteiger partial charge in [-0.25, -0.2) is 0 Å². The van der Waals surface area contributed by atoms with Gasteiger partial charge in [0, 0.05) is 37.4 Å². The van der Waals surface area contributed by atoms with Crippen molar-refractivity contribution in [2.45, 2.75) is 38.2 Å². The Morgan fingerprint density at radius 2 is 1.55 bits per heavy atom. The Balaban J connectivity index is 1.82. The lowest BCUT2D eigenvalue weighted by atomic mass is 10.1. The van der Waals surface area contributed by atoms with Crippen LogP contribution < -0.4 is 4.90 Å². The van der Waals surface area contributed by atoms with Crippen molar-refractivity contribution in [2.24, 2.45) is 0 Å². The molecule has 1 amide bonds. The topological polar surface area (TPSA) is 62.5 Å². The lowest BCUT2D eigenvalue weighted by Gasteiger charge is -2.24. The zero-order chi connectivity index (χ0) is 22.2. The molecule has 0 aliphatic rings. The van der Waals surface area contributed by atoms with E-state index in [0.29, 0.717) is 24.2 Å². The van der Waals surface area contributed by atoms with Crippen molar-refractivity contribution in [3.05, 3.63) is 60.2 Å². The first kappa shape index (κ1) is 22.9. The summed E-state index contributed by atoms with van der Waals surface area (Å²) in [6.45, 7) is 11.5. The molecule has 1 heterocycles. The molecule has 7 heteroatoms. The van der Waals surface area contributed by atoms with Crippen LogP contribution in [0.3, 0.4) is 0 Å². The molecule has 3 aromatic rings. The Bertz CT molecular complexity index is 951. The van der Waals surface area contributed by atoms with Crippen LogP contribution >= 0.6 is 11.8 Å². The summed E-state index contributed by atoms with van der Waals surface area (Å²) in [6, 6.07) is 17.9. The first-order valence-electron chi connectivity index (χ1n) is 10.8. The van der Waals surface area contributed by atoms with Gasteiger partial charge in [-0.05, 0) is 69.3 Å². The number of amides is 1. The van der Waals surface area contributed by atoms with Crippen LogP contribution in [0.2, 0.25) is 0 Å². The largest absolute Gasteiger partial charge is 0.411 e. The summed E-state index contributed by atoms with van der Waals surface area (Å²) in [5, 5.41) is 8.38. The molecular weight excluding hydrogens is 408 g/mol. The highest BCUT2D eigenvalue weighted by molar-refractivity contribution is 8.00. The maximum atomic E-state index is 13.2. The highest BCUT2D eigenvalue weighted by Gasteiger charge is 2.28. The number of hydrogen-bond donors (Lipinski definition) is 0. The van der Waals surface area contributed by atoms with E-state index in [1.807, 2.05) is 61.2 Å². The third-order valence-corrected chi connectivity index (χ3v) is 6.35. The summed E-state index contributed by atoms with van der Waals surface area (Å²) < 4.78 is 5.93. The molecule has 1 unspecified atom stereocenters. The molecular formula is C24H30N4O2S. The molecule has 164 valence electrons. The highest BCUT2D eigenvalue weighted by Crippen LogP contribution is 2.37. The van der Waals surface area contributed by atoms with Crippen LogP contribution in [0.15, 0.2) is 64.2 Å². The molecule has 0 radical (unpaired) electrons. The average molecular weight is 439 g/mol. The lowest BCUT2D eigenvalue weighted by Crippen LogP contribution is -2.33. The van der Waals surface area contributed by atoms with Crippen LogP contribution in [0.1, 0.15) is 38.5 Å². The number of aromatic nitrogens is 2. The summed E-state index contributed by atoms with van der Waals surface area (Å²) in [5.41, 5.74) is 2.95. The Labute approximate surface area is 188 Å². The maximum absolute atomic E-state index is 13.2. The van der Waals surface area contributed by atoms with Gasteiger partial charge in [-0.3, -0.25) is 4.79 Å². The predicted molar refractivity (Wildman–Crippen MR) is 126 cm³/mol. The van der Waals surface area contributed by atoms with E-state index in [4.69, 9.17) is 4.42 Å². The van der Waals surface area contributed by atoms with E-state index >= 15 is 0 Å². The molecule has 0 bridgehead atoms. The van der Waals surface area contributed by atoms with Gasteiger partial charge >= 0.3 is 0 Å². The number of benzene rings is 2. The second kappa shape index (κ2) is 11.0. The van der Waals surface area contributed by atoms with Crippen LogP contribution in [0, 0.1) is 0 Å². The first-order chi connectivity index (χ1) is 15.1. The molecule has 31 heavy (non-hydrogen) atoms. The fourth-order valence-corrected chi connectivity index (χ4v) is 4.43. The third-order valence-electron chi connectivity index (χ3n) is 5.27. The third kappa shape index (κ3) is 5.47. The summed E-state index contributed by atoms with van der Waals surface area (Å²) in [5.74, 6) is 0.500. The van der Waals surface area contributed by atoms with E-state index < -0.39 is 5.25 Å². The van der Waals surface area contributed by atoms with Gasteiger partial charge in [0.05, 0.1) is 0 Å². The van der Waals surface area contributed by atoms with E-state index in [1.165, 1.54) is 11.8 Å². The Hall–Kier alpha value is -2.80. The van der Waals surface area contributed by atoms with Crippen molar-refractivity contribution in [3.63, 3.8) is 0 Å². The molecule has 1 aromatic heterocycles. The minimum Gasteiger partial charge on any atom is -0.411 e. The van der Waals surface area contributed by atoms with Crippen LogP contribution in [0.25, 0.3) is 11.5 Å². The number of nitrogens with zero attached hydrogens (tertiary/aromatic N) is 4. The molecule has 0 aliphatic carbocycles. The van der Waals surface area contributed by atoms with E-state index in [2.05, 4.69) is 41.1 Å². The fraction of sp³-hybridized carbons (Fsp3) is 0.375. The van der Waals surface area contributed by atoms with Crippen LogP contribution in [0.4, 0.5) is 5.69 Å². The molecule has 0 spiro atoms. The van der Waals surface area contributed by atoms with E-state index in [9.17, 15) is 4.79 Å². The fourth-order valence-electron chi connectivity index (χ4n) is 3.47. The monoisotopic (exact) mass is 438 g/mol. The zero-order valence-electron chi connectivity index (χ0n) is 18.6. The molecule has 0 N–H and O–H groups in total. The molecule has 2 aromatic carbocycles. The highest BCUT2D eigenvalue weighted by atomic mass is 32.2. The van der Waals surface area contributed by atoms with Crippen LogP contribution in [-0.2, 0) is 4.79 Å². The Morgan fingerprint density at radius 1 is 0.903 bits per heavy atom. The van der Waals surface area contributed by atoms with Crippen molar-refractivity contribution in [1.82, 2.24) is 15.1 Å². The standard InChI is InChI=1S/C24H30N4O2S/c1-5-27(6-2)20-16-14-19(15-17-20)22-25-26-24(30-22)31-21(18-12-10-9-11-13-18)23(29)28(7-3)8-4/h9-17,21H,5-8H2,1-4H3. The molecule has 6 nitrogen and oxygen atoms in total. The number of thioether (sulfide) groups is 1. The zero-order valence-corrected chi connectivity index (χ0v) is 19.4. The van der Waals surface area contributed by atoms with Gasteiger partial charge in [0.1, 0.15) is 5.25 Å². The predicted octanol–water partition coefficient (Wildman–Crippen LogP) is 5.28. The second-order valence-corrected chi connectivity index (χ2v) is 8.07. The van der Waals surface area contributed by atoms with Gasteiger partial charge in [0.25, 0.3) is 5.22 Å². The van der Waals surface area contributed by atoms with E-state index in [0.717, 1.165) is 29.9 Å². The average Bonchev–Trinajstić information content (AvgIpc) is 3.29. The summed E-state index contributed by atoms with van der Waals surface area (Å²) in [6.07, 6.45) is 0. The van der Waals surface area contributed by atoms with Crippen LogP contribution in [-0.4, -0.2) is 47.2 Å². The van der Waals surface area contributed by atoms with Gasteiger partial charge in [-0.2, -0.15) is 0 Å². The normalized spacial score (nSPS) is 11.9. The van der Waals surface area contributed by atoms with E-state index in [-0.39, 0.29) is 5.91 Å². The van der Waals surface area contributed by atoms with E-state index in [1.54, 1.807) is 0 Å². The quantitative estimate of drug-likeness (QED) is 0.401. The minimum absolute atomic E-state index is 0.0459. The smallest absolute Gasteiger partial charge is 0.277 e. The van der Waals surface area contributed by atoms with Crippen molar-refractivity contribution in [3.8, 4) is 11.5 Å². The summed E-state index contributed by atoms with van der Waals surface area (Å²) >= 11 is 1.30. The van der Waals surface area contributed by atoms with Gasteiger partial charge in [0.2, 0.25) is 11.8 Å². The van der Waals surface area contributed by atoms with Gasteiger partial charge in [-0.15, -0.1) is 10.2 Å². The van der Waals surface area contributed by atoms with Crippen molar-refractivity contribution >= 4 is 23.4 Å². The molecule has 0 saturated heterocycles. The van der Waals surface area contributed by atoms with Crippen LogP contribution in [0.5, 0.6) is 0 Å². The number of anilines is 1. The molecule has 0 fully saturated rings. The van der Waals surface area contributed by atoms with Gasteiger partial charge in [0.15, 0.2) is 0 Å². The number of carbonyl (C=O) groups is 1. The number of carbonyl (C=O) groups excluding carboxylic acids is 1. The number of likely N-dealkylation sites (N-methyl/N-ethyl adjacent to an activating group) is 1. The maximum Gasteiger partial charge on any atom is 0.277 e. The molecule has 3 rings (SSSR count). The minimum atomic E-state index is -0.431.